The first kappa shape index (κ1) is 24.3. The molecule has 0 aliphatic rings. The summed E-state index contributed by atoms with van der Waals surface area (Å²) in [6, 6.07) is 24.7. The van der Waals surface area contributed by atoms with E-state index < -0.39 is 0 Å². The van der Waals surface area contributed by atoms with E-state index in [1.807, 2.05) is 73.7 Å². The smallest absolute Gasteiger partial charge is 0.261 e. The van der Waals surface area contributed by atoms with Crippen molar-refractivity contribution < 1.29 is 4.79 Å². The van der Waals surface area contributed by atoms with Crippen molar-refractivity contribution in [2.24, 2.45) is 0 Å². The monoisotopic (exact) mass is 579 g/mol. The molecule has 0 fully saturated rings. The first-order valence-electron chi connectivity index (χ1n) is 11.1. The van der Waals surface area contributed by atoms with E-state index in [-0.39, 0.29) is 5.91 Å². The quantitative estimate of drug-likeness (QED) is 0.227. The van der Waals surface area contributed by atoms with Gasteiger partial charge in [0.15, 0.2) is 5.82 Å². The molecule has 1 N–H and O–H groups in total. The van der Waals surface area contributed by atoms with Crippen molar-refractivity contribution in [1.29, 1.82) is 0 Å². The Balaban J connectivity index is 1.48. The second kappa shape index (κ2) is 10.3. The molecule has 0 bridgehead atoms. The number of nitrogens with zero attached hydrogens (tertiary/aromatic N) is 4. The van der Waals surface area contributed by atoms with Crippen LogP contribution < -0.4 is 5.32 Å². The summed E-state index contributed by atoms with van der Waals surface area (Å²) >= 11 is 15.8. The van der Waals surface area contributed by atoms with Gasteiger partial charge in [0.1, 0.15) is 5.69 Å². The van der Waals surface area contributed by atoms with Crippen LogP contribution in [0.25, 0.3) is 16.9 Å². The molecule has 2 aromatic heterocycles. The molecule has 5 aromatic rings. The lowest BCUT2D eigenvalue weighted by molar-refractivity contribution is 0.102. The number of carbonyl (C=O) groups excluding carboxylic acids is 1. The van der Waals surface area contributed by atoms with Crippen LogP contribution in [0.2, 0.25) is 10.0 Å². The van der Waals surface area contributed by atoms with E-state index in [1.54, 1.807) is 27.7 Å². The van der Waals surface area contributed by atoms with Crippen molar-refractivity contribution >= 4 is 50.9 Å². The topological polar surface area (TPSA) is 64.7 Å². The number of rotatable bonds is 6. The Morgan fingerprint density at radius 3 is 2.36 bits per heavy atom. The molecular weight excluding hydrogens is 561 g/mol. The summed E-state index contributed by atoms with van der Waals surface area (Å²) in [4.78, 5) is 13.6. The first-order chi connectivity index (χ1) is 17.4. The van der Waals surface area contributed by atoms with Crippen molar-refractivity contribution in [2.45, 2.75) is 13.5 Å². The van der Waals surface area contributed by atoms with Crippen LogP contribution >= 0.6 is 39.1 Å². The molecule has 0 saturated carbocycles. The SMILES string of the molecule is Cc1c(C(=O)Nc2nn(Cc3ccc(Cl)cc3Cl)cc2Br)c(-c2ccccc2)nn1-c1ccccc1. The third-order valence-electron chi connectivity index (χ3n) is 5.69. The summed E-state index contributed by atoms with van der Waals surface area (Å²) in [7, 11) is 0. The van der Waals surface area contributed by atoms with Crippen LogP contribution in [0, 0.1) is 6.92 Å². The molecule has 5 rings (SSSR count). The molecule has 1 amide bonds. The van der Waals surface area contributed by atoms with Gasteiger partial charge in [-0.2, -0.15) is 10.2 Å². The van der Waals surface area contributed by atoms with Crippen LogP contribution in [-0.4, -0.2) is 25.5 Å². The van der Waals surface area contributed by atoms with Crippen molar-refractivity contribution in [1.82, 2.24) is 19.6 Å². The highest BCUT2D eigenvalue weighted by Gasteiger charge is 2.24. The number of anilines is 1. The lowest BCUT2D eigenvalue weighted by Crippen LogP contribution is -2.15. The van der Waals surface area contributed by atoms with Crippen LogP contribution in [0.15, 0.2) is 89.5 Å². The molecule has 0 saturated heterocycles. The van der Waals surface area contributed by atoms with Gasteiger partial charge in [-0.05, 0) is 52.7 Å². The van der Waals surface area contributed by atoms with Crippen molar-refractivity contribution in [3.05, 3.63) is 116 Å². The van der Waals surface area contributed by atoms with Crippen LogP contribution in [-0.2, 0) is 6.54 Å². The van der Waals surface area contributed by atoms with Crippen LogP contribution in [0.4, 0.5) is 5.82 Å². The van der Waals surface area contributed by atoms with Gasteiger partial charge in [-0.15, -0.1) is 0 Å². The van der Waals surface area contributed by atoms with Crippen LogP contribution in [0.1, 0.15) is 21.6 Å². The first-order valence-corrected chi connectivity index (χ1v) is 12.6. The van der Waals surface area contributed by atoms with E-state index >= 15 is 0 Å². The Labute approximate surface area is 226 Å². The second-order valence-corrected chi connectivity index (χ2v) is 9.83. The molecule has 36 heavy (non-hydrogen) atoms. The molecule has 3 aromatic carbocycles. The molecule has 0 spiro atoms. The zero-order valence-corrected chi connectivity index (χ0v) is 22.2. The number of hydrogen-bond donors (Lipinski definition) is 1. The maximum absolute atomic E-state index is 13.6. The molecule has 9 heteroatoms. The van der Waals surface area contributed by atoms with E-state index in [4.69, 9.17) is 28.3 Å². The number of amides is 1. The molecule has 0 unspecified atom stereocenters. The number of aromatic nitrogens is 4. The fourth-order valence-corrected chi connectivity index (χ4v) is 4.83. The van der Waals surface area contributed by atoms with E-state index in [0.29, 0.717) is 38.1 Å². The minimum Gasteiger partial charge on any atom is -0.304 e. The van der Waals surface area contributed by atoms with Gasteiger partial charge in [-0.1, -0.05) is 77.8 Å². The van der Waals surface area contributed by atoms with Crippen molar-refractivity contribution in [3.63, 3.8) is 0 Å². The van der Waals surface area contributed by atoms with E-state index in [2.05, 4.69) is 26.3 Å². The molecule has 0 aliphatic heterocycles. The second-order valence-electron chi connectivity index (χ2n) is 8.14. The minimum atomic E-state index is -0.302. The third-order valence-corrected chi connectivity index (χ3v) is 6.86. The largest absolute Gasteiger partial charge is 0.304 e. The molecular formula is C27H20BrCl2N5O. The van der Waals surface area contributed by atoms with Crippen molar-refractivity contribution in [3.8, 4) is 16.9 Å². The summed E-state index contributed by atoms with van der Waals surface area (Å²) in [5.41, 5.74) is 4.38. The third kappa shape index (κ3) is 4.95. The molecule has 6 nitrogen and oxygen atoms in total. The lowest BCUT2D eigenvalue weighted by atomic mass is 10.1. The average Bonchev–Trinajstić information content (AvgIpc) is 3.40. The number of nitrogens with one attached hydrogen (secondary N) is 1. The Morgan fingerprint density at radius 2 is 1.67 bits per heavy atom. The van der Waals surface area contributed by atoms with Gasteiger partial charge in [-0.25, -0.2) is 4.68 Å². The highest BCUT2D eigenvalue weighted by atomic mass is 79.9. The summed E-state index contributed by atoms with van der Waals surface area (Å²) in [6.07, 6.45) is 1.79. The van der Waals surface area contributed by atoms with Crippen LogP contribution in [0.3, 0.4) is 0 Å². The number of benzene rings is 3. The highest BCUT2D eigenvalue weighted by molar-refractivity contribution is 9.10. The zero-order chi connectivity index (χ0) is 25.2. The number of halogens is 3. The lowest BCUT2D eigenvalue weighted by Gasteiger charge is -2.07. The molecule has 0 radical (unpaired) electrons. The summed E-state index contributed by atoms with van der Waals surface area (Å²) in [6.45, 7) is 2.31. The molecule has 0 aliphatic carbocycles. The predicted octanol–water partition coefficient (Wildman–Crippen LogP) is 7.41. The van der Waals surface area contributed by atoms with Crippen LogP contribution in [0.5, 0.6) is 0 Å². The Kier molecular flexibility index (Phi) is 6.96. The van der Waals surface area contributed by atoms with Gasteiger partial charge in [-0.3, -0.25) is 9.48 Å². The van der Waals surface area contributed by atoms with Gasteiger partial charge >= 0.3 is 0 Å². The number of para-hydroxylation sites is 1. The van der Waals surface area contributed by atoms with Gasteiger partial charge in [0.05, 0.1) is 28.0 Å². The van der Waals surface area contributed by atoms with E-state index in [0.717, 1.165) is 22.5 Å². The fraction of sp³-hybridized carbons (Fsp3) is 0.0741. The normalized spacial score (nSPS) is 11.0. The zero-order valence-electron chi connectivity index (χ0n) is 19.1. The standard InChI is InChI=1S/C27H20BrCl2N5O/c1-17-24(25(18-8-4-2-5-9-18)32-35(17)21-10-6-3-7-11-21)27(36)31-26-22(28)16-34(33-26)15-19-12-13-20(29)14-23(19)30/h2-14,16H,15H2,1H3,(H,31,33,36). The summed E-state index contributed by atoms with van der Waals surface area (Å²) < 4.78 is 4.14. The molecule has 0 atom stereocenters. The maximum Gasteiger partial charge on any atom is 0.261 e. The number of carbonyl (C=O) groups is 1. The molecule has 180 valence electrons. The fourth-order valence-electron chi connectivity index (χ4n) is 3.95. The predicted molar refractivity (Wildman–Crippen MR) is 147 cm³/mol. The average molecular weight is 581 g/mol. The van der Waals surface area contributed by atoms with Gasteiger partial charge in [0.25, 0.3) is 5.91 Å². The minimum absolute atomic E-state index is 0.302. The van der Waals surface area contributed by atoms with Crippen molar-refractivity contribution in [2.75, 3.05) is 5.32 Å². The maximum atomic E-state index is 13.6. The Morgan fingerprint density at radius 1 is 0.972 bits per heavy atom. The Bertz CT molecular complexity index is 1550. The molecule has 2 heterocycles. The highest BCUT2D eigenvalue weighted by Crippen LogP contribution is 2.30. The van der Waals surface area contributed by atoms with E-state index in [9.17, 15) is 4.79 Å². The van der Waals surface area contributed by atoms with Gasteiger partial charge < -0.3 is 5.32 Å². The van der Waals surface area contributed by atoms with E-state index in [1.165, 1.54) is 0 Å². The van der Waals surface area contributed by atoms with Gasteiger partial charge in [0, 0.05) is 21.8 Å². The Hall–Kier alpha value is -3.39. The summed E-state index contributed by atoms with van der Waals surface area (Å²) in [5.74, 6) is 0.0972. The number of hydrogen-bond acceptors (Lipinski definition) is 3. The summed E-state index contributed by atoms with van der Waals surface area (Å²) in [5, 5.41) is 13.4. The van der Waals surface area contributed by atoms with Gasteiger partial charge in [0.2, 0.25) is 0 Å².